The molecule has 0 aliphatic carbocycles. The number of benzene rings is 2. The van der Waals surface area contributed by atoms with E-state index in [-0.39, 0.29) is 18.0 Å². The monoisotopic (exact) mass is 275 g/mol. The van der Waals surface area contributed by atoms with E-state index < -0.39 is 11.8 Å². The van der Waals surface area contributed by atoms with E-state index in [1.54, 1.807) is 18.2 Å². The second kappa shape index (κ2) is 4.73. The molecule has 0 amide bonds. The fourth-order valence-electron chi connectivity index (χ4n) is 1.88. The first-order valence-electron chi connectivity index (χ1n) is 5.83. The molecule has 102 valence electrons. The summed E-state index contributed by atoms with van der Waals surface area (Å²) in [6.45, 7) is 0.154. The van der Waals surface area contributed by atoms with Crippen molar-refractivity contribution in [2.24, 2.45) is 0 Å². The van der Waals surface area contributed by atoms with E-state index >= 15 is 0 Å². The van der Waals surface area contributed by atoms with Gasteiger partial charge in [0.05, 0.1) is 11.3 Å². The van der Waals surface area contributed by atoms with Crippen LogP contribution in [0.5, 0.6) is 11.5 Å². The second-order valence-corrected chi connectivity index (χ2v) is 4.19. The number of aromatic carboxylic acids is 1. The SMILES string of the molecule is O=C(O)c1ccc(F)c(Nc2ccc3c(c2)OCO3)c1. The smallest absolute Gasteiger partial charge is 0.335 e. The van der Waals surface area contributed by atoms with Crippen LogP contribution in [0.4, 0.5) is 15.8 Å². The van der Waals surface area contributed by atoms with E-state index in [2.05, 4.69) is 5.32 Å². The van der Waals surface area contributed by atoms with Gasteiger partial charge in [-0.15, -0.1) is 0 Å². The molecule has 0 saturated heterocycles. The van der Waals surface area contributed by atoms with Gasteiger partial charge < -0.3 is 19.9 Å². The molecule has 6 heteroatoms. The molecule has 1 aliphatic heterocycles. The van der Waals surface area contributed by atoms with E-state index in [9.17, 15) is 9.18 Å². The van der Waals surface area contributed by atoms with Crippen LogP contribution in [0.2, 0.25) is 0 Å². The lowest BCUT2D eigenvalue weighted by Gasteiger charge is -2.09. The van der Waals surface area contributed by atoms with Crippen molar-refractivity contribution in [1.29, 1.82) is 0 Å². The van der Waals surface area contributed by atoms with Gasteiger partial charge in [-0.3, -0.25) is 0 Å². The van der Waals surface area contributed by atoms with Crippen LogP contribution < -0.4 is 14.8 Å². The number of fused-ring (bicyclic) bond motifs is 1. The van der Waals surface area contributed by atoms with Crippen LogP contribution in [-0.4, -0.2) is 17.9 Å². The number of ether oxygens (including phenoxy) is 2. The van der Waals surface area contributed by atoms with E-state index in [0.29, 0.717) is 17.2 Å². The third kappa shape index (κ3) is 2.23. The van der Waals surface area contributed by atoms with Crippen molar-refractivity contribution in [2.45, 2.75) is 0 Å². The van der Waals surface area contributed by atoms with Crippen molar-refractivity contribution in [3.63, 3.8) is 0 Å². The minimum Gasteiger partial charge on any atom is -0.478 e. The van der Waals surface area contributed by atoms with E-state index in [0.717, 1.165) is 6.07 Å². The number of carboxylic acids is 1. The van der Waals surface area contributed by atoms with Crippen molar-refractivity contribution in [1.82, 2.24) is 0 Å². The standard InChI is InChI=1S/C14H10FNO4/c15-10-3-1-8(14(17)18)5-11(10)16-9-2-4-12-13(6-9)20-7-19-12/h1-6,16H,7H2,(H,17,18). The maximum atomic E-state index is 13.7. The Morgan fingerprint density at radius 1 is 1.15 bits per heavy atom. The third-order valence-electron chi connectivity index (χ3n) is 2.86. The van der Waals surface area contributed by atoms with Gasteiger partial charge in [0.25, 0.3) is 0 Å². The van der Waals surface area contributed by atoms with Crippen molar-refractivity contribution in [3.05, 3.63) is 47.8 Å². The zero-order chi connectivity index (χ0) is 14.1. The Labute approximate surface area is 113 Å². The summed E-state index contributed by atoms with van der Waals surface area (Å²) in [5, 5.41) is 11.7. The maximum Gasteiger partial charge on any atom is 0.335 e. The Morgan fingerprint density at radius 3 is 2.75 bits per heavy atom. The maximum absolute atomic E-state index is 13.7. The zero-order valence-corrected chi connectivity index (χ0v) is 10.2. The lowest BCUT2D eigenvalue weighted by molar-refractivity contribution is 0.0697. The van der Waals surface area contributed by atoms with Crippen LogP contribution in [0, 0.1) is 5.82 Å². The topological polar surface area (TPSA) is 67.8 Å². The Bertz CT molecular complexity index is 687. The average molecular weight is 275 g/mol. The van der Waals surface area contributed by atoms with Gasteiger partial charge in [0.1, 0.15) is 5.82 Å². The van der Waals surface area contributed by atoms with E-state index in [4.69, 9.17) is 14.6 Å². The lowest BCUT2D eigenvalue weighted by Crippen LogP contribution is -2.00. The highest BCUT2D eigenvalue weighted by molar-refractivity contribution is 5.89. The highest BCUT2D eigenvalue weighted by Crippen LogP contribution is 2.35. The summed E-state index contributed by atoms with van der Waals surface area (Å²) in [7, 11) is 0. The molecule has 0 radical (unpaired) electrons. The van der Waals surface area contributed by atoms with Crippen LogP contribution in [0.1, 0.15) is 10.4 Å². The number of carbonyl (C=O) groups is 1. The Balaban J connectivity index is 1.91. The zero-order valence-electron chi connectivity index (χ0n) is 10.2. The fourth-order valence-corrected chi connectivity index (χ4v) is 1.88. The van der Waals surface area contributed by atoms with Gasteiger partial charge in [0.2, 0.25) is 6.79 Å². The Morgan fingerprint density at radius 2 is 1.95 bits per heavy atom. The fraction of sp³-hybridized carbons (Fsp3) is 0.0714. The van der Waals surface area contributed by atoms with Crippen molar-refractivity contribution in [2.75, 3.05) is 12.1 Å². The average Bonchev–Trinajstić information content (AvgIpc) is 2.88. The largest absolute Gasteiger partial charge is 0.478 e. The molecule has 5 nitrogen and oxygen atoms in total. The number of halogens is 1. The van der Waals surface area contributed by atoms with E-state index in [1.165, 1.54) is 12.1 Å². The highest BCUT2D eigenvalue weighted by atomic mass is 19.1. The van der Waals surface area contributed by atoms with Crippen LogP contribution in [0.3, 0.4) is 0 Å². The van der Waals surface area contributed by atoms with Crippen LogP contribution in [0.25, 0.3) is 0 Å². The van der Waals surface area contributed by atoms with Gasteiger partial charge in [-0.2, -0.15) is 0 Å². The summed E-state index contributed by atoms with van der Waals surface area (Å²) in [6.07, 6.45) is 0. The Kier molecular flexibility index (Phi) is 2.90. The third-order valence-corrected chi connectivity index (χ3v) is 2.86. The van der Waals surface area contributed by atoms with Crippen molar-refractivity contribution < 1.29 is 23.8 Å². The minimum absolute atomic E-state index is 0.00893. The first-order valence-corrected chi connectivity index (χ1v) is 5.83. The molecule has 0 unspecified atom stereocenters. The number of anilines is 2. The minimum atomic E-state index is -1.11. The summed E-state index contributed by atoms with van der Waals surface area (Å²) < 4.78 is 24.1. The first kappa shape index (κ1) is 12.3. The highest BCUT2D eigenvalue weighted by Gasteiger charge is 2.14. The molecule has 2 N–H and O–H groups in total. The molecule has 0 atom stereocenters. The van der Waals surface area contributed by atoms with Gasteiger partial charge in [-0.05, 0) is 30.3 Å². The summed E-state index contributed by atoms with van der Waals surface area (Å²) in [4.78, 5) is 10.9. The first-order chi connectivity index (χ1) is 9.63. The molecule has 0 bridgehead atoms. The van der Waals surface area contributed by atoms with Gasteiger partial charge in [-0.25, -0.2) is 9.18 Å². The molecule has 0 aromatic heterocycles. The van der Waals surface area contributed by atoms with Gasteiger partial charge >= 0.3 is 5.97 Å². The molecular weight excluding hydrogens is 265 g/mol. The van der Waals surface area contributed by atoms with Gasteiger partial charge in [-0.1, -0.05) is 0 Å². The van der Waals surface area contributed by atoms with Gasteiger partial charge in [0, 0.05) is 11.8 Å². The summed E-state index contributed by atoms with van der Waals surface area (Å²) in [5.41, 5.74) is 0.675. The molecule has 2 aromatic rings. The van der Waals surface area contributed by atoms with Gasteiger partial charge in [0.15, 0.2) is 11.5 Å². The Hall–Kier alpha value is -2.76. The predicted octanol–water partition coefficient (Wildman–Crippen LogP) is 3.00. The number of nitrogens with one attached hydrogen (secondary N) is 1. The number of rotatable bonds is 3. The molecule has 3 rings (SSSR count). The second-order valence-electron chi connectivity index (χ2n) is 4.19. The van der Waals surface area contributed by atoms with Crippen LogP contribution >= 0.6 is 0 Å². The van der Waals surface area contributed by atoms with Crippen LogP contribution in [0.15, 0.2) is 36.4 Å². The summed E-state index contributed by atoms with van der Waals surface area (Å²) >= 11 is 0. The van der Waals surface area contributed by atoms with Crippen LogP contribution in [-0.2, 0) is 0 Å². The van der Waals surface area contributed by atoms with E-state index in [1.807, 2.05) is 0 Å². The normalized spacial score (nSPS) is 12.2. The molecule has 0 spiro atoms. The molecule has 1 heterocycles. The molecule has 0 saturated carbocycles. The number of hydrogen-bond acceptors (Lipinski definition) is 4. The number of hydrogen-bond donors (Lipinski definition) is 2. The molecular formula is C14H10FNO4. The summed E-state index contributed by atoms with van der Waals surface area (Å²) in [5.74, 6) is -0.466. The lowest BCUT2D eigenvalue weighted by atomic mass is 10.2. The molecule has 20 heavy (non-hydrogen) atoms. The van der Waals surface area contributed by atoms with Crippen molar-refractivity contribution in [3.8, 4) is 11.5 Å². The predicted molar refractivity (Wildman–Crippen MR) is 69.2 cm³/mol. The molecule has 0 fully saturated rings. The molecule has 2 aromatic carbocycles. The molecule has 1 aliphatic rings. The quantitative estimate of drug-likeness (QED) is 0.901. The van der Waals surface area contributed by atoms with Crippen molar-refractivity contribution >= 4 is 17.3 Å². The number of carboxylic acid groups (broad SMARTS) is 1. The summed E-state index contributed by atoms with van der Waals surface area (Å²) in [6, 6.07) is 8.61.